The number of hydrogen-bond donors (Lipinski definition) is 19. The number of aliphatic imine (C=N–C) groups is 3. The van der Waals surface area contributed by atoms with Crippen molar-refractivity contribution in [3.8, 4) is 5.75 Å². The van der Waals surface area contributed by atoms with Crippen LogP contribution >= 0.6 is 0 Å². The Balaban J connectivity index is 0.875. The molecule has 9 fully saturated rings. The van der Waals surface area contributed by atoms with Crippen molar-refractivity contribution in [3.63, 3.8) is 0 Å². The van der Waals surface area contributed by atoms with Gasteiger partial charge in [0.1, 0.15) is 60.1 Å². The van der Waals surface area contributed by atoms with E-state index >= 15 is 19.2 Å². The molecular formula is C63H102N28O12. The number of hydrogen-bond acceptors (Lipinski definition) is 23. The van der Waals surface area contributed by atoms with Crippen LogP contribution in [0.15, 0.2) is 39.2 Å². The highest BCUT2D eigenvalue weighted by Gasteiger charge is 2.54. The fourth-order valence-electron chi connectivity index (χ4n) is 16.2. The molecule has 9 saturated heterocycles. The van der Waals surface area contributed by atoms with Gasteiger partial charge in [0.15, 0.2) is 17.9 Å². The summed E-state index contributed by atoms with van der Waals surface area (Å²) < 4.78 is 0. The minimum Gasteiger partial charge on any atom is -0.508 e. The quantitative estimate of drug-likeness (QED) is 0.0275. The molecule has 0 bridgehead atoms. The topological polar surface area (TPSA) is 666 Å². The number of phenolic OH excluding ortho intramolecular Hbond substituents is 1. The van der Waals surface area contributed by atoms with Crippen molar-refractivity contribution in [2.24, 2.45) is 89.5 Å². The third kappa shape index (κ3) is 17.8. The Labute approximate surface area is 594 Å². The molecule has 20 atom stereocenters. The summed E-state index contributed by atoms with van der Waals surface area (Å²) in [6.07, 6.45) is 0.541. The van der Waals surface area contributed by atoms with Gasteiger partial charge in [0, 0.05) is 127 Å². The van der Waals surface area contributed by atoms with Gasteiger partial charge >= 0.3 is 0 Å². The second-order valence-electron chi connectivity index (χ2n) is 29.0. The second kappa shape index (κ2) is 32.6. The fourth-order valence-corrected chi connectivity index (χ4v) is 16.2. The molecule has 10 rings (SSSR count). The first-order valence-electron chi connectivity index (χ1n) is 35.2. The van der Waals surface area contributed by atoms with Gasteiger partial charge in [-0.2, -0.15) is 0 Å². The first-order chi connectivity index (χ1) is 48.8. The second-order valence-corrected chi connectivity index (χ2v) is 29.0. The van der Waals surface area contributed by atoms with E-state index in [9.17, 15) is 38.7 Å². The number of nitrogens with zero attached hydrogens (tertiary/aromatic N) is 10. The van der Waals surface area contributed by atoms with Crippen LogP contribution in [0.1, 0.15) is 82.6 Å². The van der Waals surface area contributed by atoms with Gasteiger partial charge < -0.3 is 141 Å². The van der Waals surface area contributed by atoms with E-state index in [0.717, 1.165) is 0 Å². The van der Waals surface area contributed by atoms with Crippen molar-refractivity contribution < 1.29 is 57.8 Å². The lowest BCUT2D eigenvalue weighted by atomic mass is 10.0. The lowest BCUT2D eigenvalue weighted by Gasteiger charge is -2.35. The molecule has 9 aliphatic rings. The average molecular weight is 1440 g/mol. The van der Waals surface area contributed by atoms with Gasteiger partial charge in [0.25, 0.3) is 0 Å². The maximum absolute atomic E-state index is 15.6. The summed E-state index contributed by atoms with van der Waals surface area (Å²) in [6.45, 7) is 0.0478. The number of rotatable bonds is 23. The van der Waals surface area contributed by atoms with Crippen molar-refractivity contribution in [2.75, 3.05) is 65.4 Å². The summed E-state index contributed by atoms with van der Waals surface area (Å²) in [5.74, 6) is -7.97. The molecule has 566 valence electrons. The highest BCUT2D eigenvalue weighted by atomic mass is 16.3. The summed E-state index contributed by atoms with van der Waals surface area (Å²) in [6, 6.07) is -12.3. The predicted molar refractivity (Wildman–Crippen MR) is 372 cm³/mol. The van der Waals surface area contributed by atoms with E-state index in [1.54, 1.807) is 12.1 Å². The van der Waals surface area contributed by atoms with Crippen LogP contribution in [0.5, 0.6) is 5.75 Å². The van der Waals surface area contributed by atoms with E-state index in [4.69, 9.17) is 74.5 Å². The molecule has 9 aliphatic heterocycles. The van der Waals surface area contributed by atoms with Crippen LogP contribution in [0.4, 0.5) is 0 Å². The fraction of sp³-hybridized carbons (Fsp3) is 0.683. The van der Waals surface area contributed by atoms with Crippen molar-refractivity contribution in [1.82, 2.24) is 60.9 Å². The normalized spacial score (nSPS) is 31.7. The SMILES string of the molecule is NC(=O)[C@H](Cc1ccc(O)cc1)NC(=O)[C@H]1C[C@@H](N)CN1C(=O)[C@H]1C[C@@H](N=C(N)N)CN1C(=O)[C@H]1C[C@@H](N)CN1C(=O)[C@H](CCCCNC(=O)[C@H]1C[C@@H](N)CN1C(=O)[C@H]1C[C@@H](N=C(N)N)CN1C(=O)[C@H]1C[C@@H](N)CN1)NC(=O)[C@H]1C[C@@H](N)CN1C(=O)[C@H]1C[C@@H](N=C(N)N)CN1C(=O)[C@H]1C[C@@H](N)CN1. The molecule has 1 aromatic rings. The summed E-state index contributed by atoms with van der Waals surface area (Å²) in [7, 11) is 0. The Morgan fingerprint density at radius 2 is 0.767 bits per heavy atom. The van der Waals surface area contributed by atoms with Gasteiger partial charge in [-0.25, -0.2) is 15.0 Å². The zero-order valence-electron chi connectivity index (χ0n) is 57.5. The minimum atomic E-state index is -1.46. The lowest BCUT2D eigenvalue weighted by Crippen LogP contribution is -2.59. The number of nitrogens with two attached hydrogens (primary N) is 13. The number of carbonyl (C=O) groups excluding carboxylic acids is 11. The smallest absolute Gasteiger partial charge is 0.246 e. The molecule has 0 spiro atoms. The van der Waals surface area contributed by atoms with Gasteiger partial charge in [0.05, 0.1) is 30.2 Å². The number of unbranched alkanes of at least 4 members (excludes halogenated alkanes) is 1. The van der Waals surface area contributed by atoms with Crippen LogP contribution in [-0.2, 0) is 59.2 Å². The van der Waals surface area contributed by atoms with Crippen LogP contribution in [0.25, 0.3) is 0 Å². The third-order valence-corrected chi connectivity index (χ3v) is 21.0. The Morgan fingerprint density at radius 1 is 0.417 bits per heavy atom. The molecule has 0 aromatic heterocycles. The van der Waals surface area contributed by atoms with E-state index in [2.05, 4.69) is 41.6 Å². The van der Waals surface area contributed by atoms with E-state index in [1.165, 1.54) is 46.4 Å². The van der Waals surface area contributed by atoms with Crippen LogP contribution in [0, 0.1) is 0 Å². The monoisotopic (exact) mass is 1440 g/mol. The highest BCUT2D eigenvalue weighted by molar-refractivity contribution is 6.00. The summed E-state index contributed by atoms with van der Waals surface area (Å²) >= 11 is 0. The summed E-state index contributed by atoms with van der Waals surface area (Å²) in [4.78, 5) is 182. The predicted octanol–water partition coefficient (Wildman–Crippen LogP) is -12.5. The van der Waals surface area contributed by atoms with Crippen LogP contribution in [0.2, 0.25) is 0 Å². The van der Waals surface area contributed by atoms with E-state index in [0.29, 0.717) is 31.5 Å². The average Bonchev–Trinajstić information content (AvgIpc) is 1.64. The molecule has 32 N–H and O–H groups in total. The zero-order valence-corrected chi connectivity index (χ0v) is 57.5. The molecule has 40 nitrogen and oxygen atoms in total. The number of amides is 11. The van der Waals surface area contributed by atoms with Gasteiger partial charge in [-0.3, -0.25) is 52.7 Å². The molecule has 40 heteroatoms. The van der Waals surface area contributed by atoms with E-state index in [1.807, 2.05) is 0 Å². The van der Waals surface area contributed by atoms with E-state index < -0.39 is 168 Å². The molecule has 0 aliphatic carbocycles. The first-order valence-corrected chi connectivity index (χ1v) is 35.2. The maximum Gasteiger partial charge on any atom is 0.246 e. The third-order valence-electron chi connectivity index (χ3n) is 21.0. The minimum absolute atomic E-state index is 0.000954. The molecule has 103 heavy (non-hydrogen) atoms. The van der Waals surface area contributed by atoms with Gasteiger partial charge in [-0.15, -0.1) is 0 Å². The van der Waals surface area contributed by atoms with Gasteiger partial charge in [-0.05, 0) is 75.5 Å². The molecule has 1 aromatic carbocycles. The number of carbonyl (C=O) groups is 11. The molecule has 0 radical (unpaired) electrons. The van der Waals surface area contributed by atoms with Crippen molar-refractivity contribution in [2.45, 2.75) is 204 Å². The maximum atomic E-state index is 15.6. The number of phenols is 1. The number of nitrogens with one attached hydrogen (secondary N) is 5. The Hall–Kier alpha value is -9.32. The van der Waals surface area contributed by atoms with Crippen molar-refractivity contribution in [3.05, 3.63) is 29.8 Å². The number of primary amides is 1. The van der Waals surface area contributed by atoms with Gasteiger partial charge in [0.2, 0.25) is 65.0 Å². The number of likely N-dealkylation sites (tertiary alicyclic amines) is 7. The van der Waals surface area contributed by atoms with Crippen LogP contribution in [-0.4, -0.2) is 309 Å². The summed E-state index contributed by atoms with van der Waals surface area (Å²) in [5, 5.41) is 24.5. The largest absolute Gasteiger partial charge is 0.508 e. The number of aromatic hydroxyl groups is 1. The standard InChI is InChI=1S/C63H102N28O12/c64-29-10-41(78-19-29)55(98)89-25-35(80-61(71)72)16-47(89)58(101)85-21-31(66)12-43(85)51(94)77-8-2-1-3-39(83-52(95)44-13-32(67)22-86(44)59(102)48-17-36(81-62(73)74)26-90(48)56(99)42-11-30(65)20-79-42)54(97)88-24-34(69)15-46(88)57(100)91-27-37(82-63(75)76)18-49(91)60(103)87-23-33(68)14-45(87)53(96)84-40(50(70)93)9-28-4-6-38(92)7-5-28/h4-7,29-37,39-49,78-79,92H,1-3,8-27,64-69H2,(H2,70,93)(H,77,94)(H,83,95)(H,84,96)(H4,71,72,80)(H4,73,74,81)(H4,75,76,82)/t29-,30-,31-,32-,33-,34-,35-,36-,37-,39+,40+,41-,42-,43-,44-,45-,46-,47-,48-,49-/m1/s1. The Bertz CT molecular complexity index is 3460. The Kier molecular flexibility index (Phi) is 24.1. The molecular weight excluding hydrogens is 1340 g/mol. The Morgan fingerprint density at radius 3 is 1.15 bits per heavy atom. The van der Waals surface area contributed by atoms with Gasteiger partial charge in [-0.1, -0.05) is 12.1 Å². The van der Waals surface area contributed by atoms with Crippen LogP contribution < -0.4 is 101 Å². The molecule has 0 saturated carbocycles. The number of guanidine groups is 3. The molecule has 9 heterocycles. The molecule has 0 unspecified atom stereocenters. The molecule has 11 amide bonds. The highest BCUT2D eigenvalue weighted by Crippen LogP contribution is 2.34. The van der Waals surface area contributed by atoms with Crippen molar-refractivity contribution >= 4 is 82.9 Å². The first kappa shape index (κ1) is 76.3. The van der Waals surface area contributed by atoms with Crippen molar-refractivity contribution in [1.29, 1.82) is 0 Å². The number of benzene rings is 1. The lowest BCUT2D eigenvalue weighted by molar-refractivity contribution is -0.151. The van der Waals surface area contributed by atoms with E-state index in [-0.39, 0.29) is 165 Å². The summed E-state index contributed by atoms with van der Waals surface area (Å²) in [5.41, 5.74) is 79.5. The van der Waals surface area contributed by atoms with Crippen LogP contribution in [0.3, 0.4) is 0 Å². The zero-order chi connectivity index (χ0) is 74.6.